The summed E-state index contributed by atoms with van der Waals surface area (Å²) >= 11 is 0. The maximum absolute atomic E-state index is 6.38. The van der Waals surface area contributed by atoms with E-state index in [-0.39, 0.29) is 0 Å². The Morgan fingerprint density at radius 3 is 0.961 bits per heavy atom. The van der Waals surface area contributed by atoms with Gasteiger partial charge in [-0.2, -0.15) is 0 Å². The molecule has 0 amide bonds. The van der Waals surface area contributed by atoms with Crippen LogP contribution in [0.25, 0.3) is 155 Å². The predicted octanol–water partition coefficient (Wildman–Crippen LogP) is 13.3. The van der Waals surface area contributed by atoms with Crippen molar-refractivity contribution in [2.75, 3.05) is 0 Å². The molecular weight excluding hydrogens is 955 g/mol. The first kappa shape index (κ1) is 40.5. The van der Waals surface area contributed by atoms with Crippen molar-refractivity contribution in [1.82, 2.24) is 63.1 Å². The Balaban J connectivity index is 0.000000124. The molecule has 0 N–H and O–H groups in total. The van der Waals surface area contributed by atoms with Gasteiger partial charge in [0, 0.05) is 21.5 Å². The monoisotopic (exact) mass is 985 g/mol. The number of rotatable bonds is 4. The molecule has 5 aromatic carbocycles. The zero-order chi connectivity index (χ0) is 49.6. The number of fused-ring (bicyclic) bond motifs is 20. The number of nitrogens with zero attached hydrogens (tertiary/aromatic N) is 13. The Morgan fingerprint density at radius 1 is 0.303 bits per heavy atom. The van der Waals surface area contributed by atoms with Crippen LogP contribution in [0, 0.1) is 0 Å². The number of para-hydroxylation sites is 4. The van der Waals surface area contributed by atoms with Crippen LogP contribution in [0.4, 0.5) is 0 Å². The summed E-state index contributed by atoms with van der Waals surface area (Å²) in [4.78, 5) is 40.8. The molecule has 0 fully saturated rings. The molecular formula is C59H31N13O4. The lowest BCUT2D eigenvalue weighted by Crippen LogP contribution is -2.03. The van der Waals surface area contributed by atoms with Gasteiger partial charge >= 0.3 is 0 Å². The highest BCUT2D eigenvalue weighted by atomic mass is 16.4. The number of hydrogen-bond acceptors (Lipinski definition) is 13. The summed E-state index contributed by atoms with van der Waals surface area (Å²) < 4.78 is 33.5. The summed E-state index contributed by atoms with van der Waals surface area (Å²) in [5, 5.41) is 7.87. The third kappa shape index (κ3) is 5.53. The SMILES string of the molecule is c1cc(-n2c3cncnc3c3c4ccccc4oc32)cc(-n2c3cncnc3c3c4ccccc4oc32)c1.c1cc(-n2c3cncnc3c3c4ccccc4oc32)nc(-n2c3cncnc3c3c4ccccc4oc32)c1. The maximum Gasteiger partial charge on any atom is 0.216 e. The van der Waals surface area contributed by atoms with Crippen molar-refractivity contribution in [3.63, 3.8) is 0 Å². The van der Waals surface area contributed by atoms with Crippen molar-refractivity contribution in [2.45, 2.75) is 0 Å². The Labute approximate surface area is 424 Å². The van der Waals surface area contributed by atoms with Crippen LogP contribution >= 0.6 is 0 Å². The van der Waals surface area contributed by atoms with Crippen molar-refractivity contribution in [2.24, 2.45) is 0 Å². The van der Waals surface area contributed by atoms with Crippen LogP contribution in [0.5, 0.6) is 0 Å². The van der Waals surface area contributed by atoms with E-state index in [0.717, 1.165) is 132 Å². The minimum Gasteiger partial charge on any atom is -0.439 e. The Morgan fingerprint density at radius 2 is 0.605 bits per heavy atom. The number of furan rings is 4. The second-order valence-corrected chi connectivity index (χ2v) is 18.4. The van der Waals surface area contributed by atoms with E-state index >= 15 is 0 Å². The van der Waals surface area contributed by atoms with Crippen LogP contribution in [0.15, 0.2) is 207 Å². The molecule has 0 saturated heterocycles. The molecule has 13 aromatic heterocycles. The lowest BCUT2D eigenvalue weighted by Gasteiger charge is -2.10. The average molecular weight is 986 g/mol. The fourth-order valence-corrected chi connectivity index (χ4v) is 11.2. The molecule has 18 aromatic rings. The van der Waals surface area contributed by atoms with Crippen LogP contribution in [0.2, 0.25) is 0 Å². The van der Waals surface area contributed by atoms with Crippen molar-refractivity contribution in [3.8, 4) is 23.0 Å². The second-order valence-electron chi connectivity index (χ2n) is 18.4. The molecule has 18 rings (SSSR count). The standard InChI is InChI=1S/C30H16N6O2.C29H15N7O2/c1-3-10-23-19(8-1)25-27-21(13-31-15-33-27)35(29(25)37-23)17-6-5-7-18(12-17)36-22-14-32-16-34-28(22)26-20-9-2-4-11-24(20)38-30(26)36;1-3-8-20-16(6-1)24-26-18(12-30-14-32-26)35(28(24)37-20)22-10-5-11-23(34-22)36-19-13-31-15-33-27(19)25-17-7-2-4-9-21(17)38-29(25)36/h1-16H;1-15H. The van der Waals surface area contributed by atoms with Gasteiger partial charge in [0.15, 0.2) is 0 Å². The fraction of sp³-hybridized carbons (Fsp3) is 0. The minimum atomic E-state index is 0.666. The highest BCUT2D eigenvalue weighted by molar-refractivity contribution is 6.21. The number of benzene rings is 5. The maximum atomic E-state index is 6.38. The molecule has 76 heavy (non-hydrogen) atoms. The smallest absolute Gasteiger partial charge is 0.216 e. The Kier molecular flexibility index (Phi) is 8.12. The molecule has 0 aliphatic heterocycles. The van der Waals surface area contributed by atoms with Gasteiger partial charge in [-0.3, -0.25) is 18.3 Å². The molecule has 17 nitrogen and oxygen atoms in total. The zero-order valence-corrected chi connectivity index (χ0v) is 39.3. The third-order valence-electron chi connectivity index (χ3n) is 14.3. The molecule has 356 valence electrons. The second kappa shape index (κ2) is 15.2. The first-order valence-electron chi connectivity index (χ1n) is 24.3. The molecule has 17 heteroatoms. The van der Waals surface area contributed by atoms with E-state index in [0.29, 0.717) is 23.1 Å². The van der Waals surface area contributed by atoms with Gasteiger partial charge < -0.3 is 17.7 Å². The molecule has 0 bridgehead atoms. The first-order chi connectivity index (χ1) is 37.7. The molecule has 0 spiro atoms. The molecule has 0 saturated carbocycles. The van der Waals surface area contributed by atoms with Gasteiger partial charge in [0.05, 0.1) is 79.8 Å². The van der Waals surface area contributed by atoms with E-state index < -0.39 is 0 Å². The first-order valence-corrected chi connectivity index (χ1v) is 24.3. The largest absolute Gasteiger partial charge is 0.439 e. The van der Waals surface area contributed by atoms with Crippen molar-refractivity contribution in [3.05, 3.63) is 190 Å². The molecule has 0 unspecified atom stereocenters. The summed E-state index contributed by atoms with van der Waals surface area (Å²) in [7, 11) is 0. The van der Waals surface area contributed by atoms with Gasteiger partial charge in [0.25, 0.3) is 0 Å². The molecule has 0 aliphatic rings. The highest BCUT2D eigenvalue weighted by Crippen LogP contribution is 2.42. The van der Waals surface area contributed by atoms with E-state index in [1.54, 1.807) is 37.7 Å². The lowest BCUT2D eigenvalue weighted by atomic mass is 10.2. The topological polar surface area (TPSA) is 188 Å². The molecule has 0 atom stereocenters. The summed E-state index contributed by atoms with van der Waals surface area (Å²) in [6, 6.07) is 46.1. The van der Waals surface area contributed by atoms with Gasteiger partial charge in [-0.15, -0.1) is 0 Å². The minimum absolute atomic E-state index is 0.666. The van der Waals surface area contributed by atoms with Gasteiger partial charge in [-0.05, 0) is 54.6 Å². The van der Waals surface area contributed by atoms with Crippen molar-refractivity contribution >= 4 is 132 Å². The average Bonchev–Trinajstić information content (AvgIpc) is 4.55. The summed E-state index contributed by atoms with van der Waals surface area (Å²) in [5.41, 5.74) is 14.5. The van der Waals surface area contributed by atoms with Crippen LogP contribution in [0.3, 0.4) is 0 Å². The van der Waals surface area contributed by atoms with E-state index in [4.69, 9.17) is 22.7 Å². The van der Waals surface area contributed by atoms with E-state index in [2.05, 4.69) is 79.3 Å². The predicted molar refractivity (Wildman–Crippen MR) is 289 cm³/mol. The van der Waals surface area contributed by atoms with Crippen molar-refractivity contribution in [1.29, 1.82) is 0 Å². The van der Waals surface area contributed by atoms with Gasteiger partial charge in [-0.1, -0.05) is 84.9 Å². The van der Waals surface area contributed by atoms with Crippen LogP contribution in [-0.4, -0.2) is 63.1 Å². The van der Waals surface area contributed by atoms with E-state index in [9.17, 15) is 0 Å². The number of pyridine rings is 1. The van der Waals surface area contributed by atoms with E-state index in [1.807, 2.05) is 131 Å². The van der Waals surface area contributed by atoms with Gasteiger partial charge in [0.2, 0.25) is 22.9 Å². The Hall–Kier alpha value is -11.1. The molecule has 0 aliphatic carbocycles. The highest BCUT2D eigenvalue weighted by Gasteiger charge is 2.26. The summed E-state index contributed by atoms with van der Waals surface area (Å²) in [6.07, 6.45) is 13.5. The third-order valence-corrected chi connectivity index (χ3v) is 14.3. The molecule has 13 heterocycles. The zero-order valence-electron chi connectivity index (χ0n) is 39.3. The van der Waals surface area contributed by atoms with Gasteiger partial charge in [-0.25, -0.2) is 44.9 Å². The number of aromatic nitrogens is 13. The lowest BCUT2D eigenvalue weighted by molar-refractivity contribution is 0.640. The number of hydrogen-bond donors (Lipinski definition) is 0. The quantitative estimate of drug-likeness (QED) is 0.162. The summed E-state index contributed by atoms with van der Waals surface area (Å²) in [6.45, 7) is 0. The van der Waals surface area contributed by atoms with Crippen LogP contribution in [-0.2, 0) is 0 Å². The summed E-state index contributed by atoms with van der Waals surface area (Å²) in [5.74, 6) is 1.33. The van der Waals surface area contributed by atoms with Crippen molar-refractivity contribution < 1.29 is 17.7 Å². The molecule has 0 radical (unpaired) electrons. The van der Waals surface area contributed by atoms with E-state index in [1.165, 1.54) is 0 Å². The van der Waals surface area contributed by atoms with Crippen LogP contribution < -0.4 is 0 Å². The Bertz CT molecular complexity index is 4750. The van der Waals surface area contributed by atoms with Gasteiger partial charge in [0.1, 0.15) is 81.3 Å². The fourth-order valence-electron chi connectivity index (χ4n) is 11.2. The normalized spacial score (nSPS) is 12.2. The van der Waals surface area contributed by atoms with Crippen LogP contribution in [0.1, 0.15) is 0 Å².